The van der Waals surface area contributed by atoms with Gasteiger partial charge in [-0.15, -0.1) is 0 Å². The first kappa shape index (κ1) is 19.2. The summed E-state index contributed by atoms with van der Waals surface area (Å²) in [6.45, 7) is 0. The van der Waals surface area contributed by atoms with Crippen LogP contribution in [0.15, 0.2) is 77.6 Å². The van der Waals surface area contributed by atoms with Gasteiger partial charge in [0.05, 0.1) is 30.8 Å². The van der Waals surface area contributed by atoms with Gasteiger partial charge in [-0.1, -0.05) is 30.3 Å². The number of hydrogen-bond acceptors (Lipinski definition) is 5. The molecular weight excluding hydrogens is 382 g/mol. The number of carbonyl (C=O) groups excluding carboxylic acids is 1. The third-order valence-corrected chi connectivity index (χ3v) is 4.65. The SMILES string of the molecule is COc1ccc(NC(=O)c2nn(-c3ccccc3)c3ccccc3c2=O)cc1OC. The zero-order valence-corrected chi connectivity index (χ0v) is 16.5. The van der Waals surface area contributed by atoms with Crippen molar-refractivity contribution in [3.05, 3.63) is 88.7 Å². The smallest absolute Gasteiger partial charge is 0.280 e. The van der Waals surface area contributed by atoms with Crippen LogP contribution in [0.5, 0.6) is 11.5 Å². The Morgan fingerprint density at radius 3 is 2.33 bits per heavy atom. The predicted molar refractivity (Wildman–Crippen MR) is 115 cm³/mol. The summed E-state index contributed by atoms with van der Waals surface area (Å²) >= 11 is 0. The number of para-hydroxylation sites is 2. The molecule has 3 aromatic carbocycles. The summed E-state index contributed by atoms with van der Waals surface area (Å²) < 4.78 is 12.1. The molecule has 4 aromatic rings. The molecule has 1 amide bonds. The summed E-state index contributed by atoms with van der Waals surface area (Å²) in [6.07, 6.45) is 0. The second kappa shape index (κ2) is 8.08. The first-order valence-electron chi connectivity index (χ1n) is 9.23. The first-order valence-corrected chi connectivity index (χ1v) is 9.23. The molecule has 0 saturated carbocycles. The van der Waals surface area contributed by atoms with Gasteiger partial charge in [-0.25, -0.2) is 4.68 Å². The largest absolute Gasteiger partial charge is 0.493 e. The van der Waals surface area contributed by atoms with Crippen molar-refractivity contribution in [3.8, 4) is 17.2 Å². The summed E-state index contributed by atoms with van der Waals surface area (Å²) in [5.74, 6) is 0.386. The number of hydrogen-bond donors (Lipinski definition) is 1. The van der Waals surface area contributed by atoms with E-state index in [2.05, 4.69) is 10.4 Å². The highest BCUT2D eigenvalue weighted by atomic mass is 16.5. The zero-order valence-electron chi connectivity index (χ0n) is 16.5. The summed E-state index contributed by atoms with van der Waals surface area (Å²) in [6, 6.07) is 21.4. The number of amides is 1. The van der Waals surface area contributed by atoms with Gasteiger partial charge in [0.25, 0.3) is 5.91 Å². The van der Waals surface area contributed by atoms with E-state index >= 15 is 0 Å². The zero-order chi connectivity index (χ0) is 21.1. The molecule has 0 radical (unpaired) electrons. The fourth-order valence-electron chi connectivity index (χ4n) is 3.20. The molecule has 0 fully saturated rings. The molecule has 30 heavy (non-hydrogen) atoms. The number of ether oxygens (including phenoxy) is 2. The molecule has 1 heterocycles. The van der Waals surface area contributed by atoms with E-state index in [9.17, 15) is 9.59 Å². The molecule has 0 atom stereocenters. The minimum atomic E-state index is -0.609. The maximum absolute atomic E-state index is 13.0. The molecule has 4 rings (SSSR count). The number of aromatic nitrogens is 2. The van der Waals surface area contributed by atoms with Crippen molar-refractivity contribution in [2.45, 2.75) is 0 Å². The van der Waals surface area contributed by atoms with Crippen LogP contribution in [0.2, 0.25) is 0 Å². The molecule has 0 unspecified atom stereocenters. The topological polar surface area (TPSA) is 82.5 Å². The van der Waals surface area contributed by atoms with Gasteiger partial charge in [-0.05, 0) is 36.4 Å². The van der Waals surface area contributed by atoms with Crippen molar-refractivity contribution < 1.29 is 14.3 Å². The highest BCUT2D eigenvalue weighted by Crippen LogP contribution is 2.29. The van der Waals surface area contributed by atoms with E-state index in [1.807, 2.05) is 36.4 Å². The molecule has 0 spiro atoms. The molecule has 0 bridgehead atoms. The van der Waals surface area contributed by atoms with Crippen LogP contribution in [0, 0.1) is 0 Å². The maximum Gasteiger partial charge on any atom is 0.280 e. The predicted octanol–water partition coefficient (Wildman–Crippen LogP) is 3.66. The van der Waals surface area contributed by atoms with E-state index in [1.165, 1.54) is 14.2 Å². The van der Waals surface area contributed by atoms with Gasteiger partial charge in [-0.3, -0.25) is 9.59 Å². The van der Waals surface area contributed by atoms with Crippen molar-refractivity contribution >= 4 is 22.5 Å². The fourth-order valence-corrected chi connectivity index (χ4v) is 3.20. The lowest BCUT2D eigenvalue weighted by atomic mass is 10.2. The van der Waals surface area contributed by atoms with Crippen LogP contribution in [0.25, 0.3) is 16.6 Å². The first-order chi connectivity index (χ1) is 14.6. The standard InChI is InChI=1S/C23H19N3O4/c1-29-19-13-12-15(14-20(19)30-2)24-23(28)21-22(27)17-10-6-7-11-18(17)26(25-21)16-8-4-3-5-9-16/h3-14H,1-2H3,(H,24,28). The summed E-state index contributed by atoms with van der Waals surface area (Å²) in [4.78, 5) is 25.9. The third-order valence-electron chi connectivity index (χ3n) is 4.65. The molecule has 0 aliphatic heterocycles. The molecule has 1 N–H and O–H groups in total. The Bertz CT molecular complexity index is 1280. The van der Waals surface area contributed by atoms with Crippen molar-refractivity contribution in [3.63, 3.8) is 0 Å². The van der Waals surface area contributed by atoms with Gasteiger partial charge in [0.2, 0.25) is 5.43 Å². The molecule has 150 valence electrons. The van der Waals surface area contributed by atoms with E-state index in [0.29, 0.717) is 28.1 Å². The van der Waals surface area contributed by atoms with Crippen molar-refractivity contribution in [1.82, 2.24) is 9.78 Å². The number of rotatable bonds is 5. The van der Waals surface area contributed by atoms with Crippen molar-refractivity contribution in [2.24, 2.45) is 0 Å². The van der Waals surface area contributed by atoms with E-state index in [-0.39, 0.29) is 5.69 Å². The molecule has 0 saturated heterocycles. The van der Waals surface area contributed by atoms with Crippen molar-refractivity contribution in [1.29, 1.82) is 0 Å². The van der Waals surface area contributed by atoms with E-state index in [4.69, 9.17) is 9.47 Å². The van der Waals surface area contributed by atoms with Crippen LogP contribution in [0.4, 0.5) is 5.69 Å². The van der Waals surface area contributed by atoms with E-state index in [0.717, 1.165) is 5.69 Å². The van der Waals surface area contributed by atoms with Gasteiger partial charge in [0.15, 0.2) is 17.2 Å². The van der Waals surface area contributed by atoms with Crippen molar-refractivity contribution in [2.75, 3.05) is 19.5 Å². The number of anilines is 1. The second-order valence-corrected chi connectivity index (χ2v) is 6.47. The molecule has 0 aliphatic rings. The van der Waals surface area contributed by atoms with Crippen LogP contribution in [-0.2, 0) is 0 Å². The molecule has 7 nitrogen and oxygen atoms in total. The lowest BCUT2D eigenvalue weighted by molar-refractivity contribution is 0.102. The normalized spacial score (nSPS) is 10.6. The number of carbonyl (C=O) groups is 1. The number of benzene rings is 3. The Morgan fingerprint density at radius 1 is 0.900 bits per heavy atom. The van der Waals surface area contributed by atoms with Crippen LogP contribution < -0.4 is 20.2 Å². The Hall–Kier alpha value is -4.13. The molecule has 0 aliphatic carbocycles. The van der Waals surface area contributed by atoms with Crippen LogP contribution in [0.3, 0.4) is 0 Å². The average molecular weight is 401 g/mol. The van der Waals surface area contributed by atoms with E-state index < -0.39 is 11.3 Å². The lowest BCUT2D eigenvalue weighted by Crippen LogP contribution is -2.26. The van der Waals surface area contributed by atoms with Crippen LogP contribution in [-0.4, -0.2) is 29.9 Å². The Balaban J connectivity index is 1.80. The minimum Gasteiger partial charge on any atom is -0.493 e. The number of methoxy groups -OCH3 is 2. The molecule has 7 heteroatoms. The Kier molecular flexibility index (Phi) is 5.17. The van der Waals surface area contributed by atoms with Crippen LogP contribution in [0.1, 0.15) is 10.5 Å². The van der Waals surface area contributed by atoms with Gasteiger partial charge in [-0.2, -0.15) is 5.10 Å². The van der Waals surface area contributed by atoms with Crippen LogP contribution >= 0.6 is 0 Å². The van der Waals surface area contributed by atoms with Gasteiger partial charge >= 0.3 is 0 Å². The Morgan fingerprint density at radius 2 is 1.60 bits per heavy atom. The number of fused-ring (bicyclic) bond motifs is 1. The average Bonchev–Trinajstić information content (AvgIpc) is 2.80. The maximum atomic E-state index is 13.0. The monoisotopic (exact) mass is 401 g/mol. The highest BCUT2D eigenvalue weighted by molar-refractivity contribution is 6.04. The number of nitrogens with one attached hydrogen (secondary N) is 1. The molecular formula is C23H19N3O4. The third kappa shape index (κ3) is 3.48. The van der Waals surface area contributed by atoms with Gasteiger partial charge in [0.1, 0.15) is 0 Å². The lowest BCUT2D eigenvalue weighted by Gasteiger charge is -2.13. The number of nitrogens with zero attached hydrogens (tertiary/aromatic N) is 2. The molecule has 1 aromatic heterocycles. The minimum absolute atomic E-state index is 0.202. The summed E-state index contributed by atoms with van der Waals surface area (Å²) in [5.41, 5.74) is 1.19. The van der Waals surface area contributed by atoms with Gasteiger partial charge in [0, 0.05) is 11.8 Å². The quantitative estimate of drug-likeness (QED) is 0.552. The highest BCUT2D eigenvalue weighted by Gasteiger charge is 2.19. The summed E-state index contributed by atoms with van der Waals surface area (Å²) in [7, 11) is 3.04. The van der Waals surface area contributed by atoms with E-state index in [1.54, 1.807) is 41.1 Å². The second-order valence-electron chi connectivity index (χ2n) is 6.47. The Labute approximate surface area is 172 Å². The van der Waals surface area contributed by atoms with Gasteiger partial charge < -0.3 is 14.8 Å². The fraction of sp³-hybridized carbons (Fsp3) is 0.0870. The summed E-state index contributed by atoms with van der Waals surface area (Å²) in [5, 5.41) is 7.51.